The van der Waals surface area contributed by atoms with Crippen LogP contribution in [0.15, 0.2) is 52.1 Å². The summed E-state index contributed by atoms with van der Waals surface area (Å²) >= 11 is 0. The van der Waals surface area contributed by atoms with Gasteiger partial charge in [-0.05, 0) is 6.07 Å². The van der Waals surface area contributed by atoms with Crippen molar-refractivity contribution in [3.05, 3.63) is 54.2 Å². The molecule has 0 atom stereocenters. The first kappa shape index (κ1) is 20.5. The Balaban J connectivity index is 1.73. The van der Waals surface area contributed by atoms with Gasteiger partial charge in [0.1, 0.15) is 4.90 Å². The average Bonchev–Trinajstić information content (AvgIpc) is 3.19. The normalized spacial score (nSPS) is 12.3. The van der Waals surface area contributed by atoms with Crippen LogP contribution in [-0.2, 0) is 16.2 Å². The summed E-state index contributed by atoms with van der Waals surface area (Å²) in [6, 6.07) is 6.57. The van der Waals surface area contributed by atoms with Gasteiger partial charge >= 0.3 is 12.1 Å². The van der Waals surface area contributed by atoms with Gasteiger partial charge in [0.25, 0.3) is 0 Å². The van der Waals surface area contributed by atoms with Crippen molar-refractivity contribution in [2.24, 2.45) is 0 Å². The van der Waals surface area contributed by atoms with Crippen molar-refractivity contribution in [1.29, 1.82) is 0 Å². The number of rotatable bonds is 6. The molecule has 1 aromatic carbocycles. The Morgan fingerprint density at radius 1 is 1.14 bits per heavy atom. The van der Waals surface area contributed by atoms with Gasteiger partial charge in [-0.3, -0.25) is 4.79 Å². The lowest BCUT2D eigenvalue weighted by Gasteiger charge is -2.16. The smallest absolute Gasteiger partial charge is 0.329 e. The number of hydrogen-bond donors (Lipinski definition) is 0. The summed E-state index contributed by atoms with van der Waals surface area (Å²) in [5.74, 6) is -2.29. The zero-order valence-corrected chi connectivity index (χ0v) is 15.5. The van der Waals surface area contributed by atoms with Crippen LogP contribution in [0.5, 0.6) is 0 Å². The Morgan fingerprint density at radius 3 is 2.38 bits per heavy atom. The number of carbonyl (C=O) groups is 1. The lowest BCUT2D eigenvalue weighted by molar-refractivity contribution is -0.159. The largest absolute Gasteiger partial charge is 0.471 e. The highest BCUT2D eigenvalue weighted by Crippen LogP contribution is 2.29. The fraction of sp³-hybridized carbons (Fsp3) is 0.188. The van der Waals surface area contributed by atoms with E-state index in [0.717, 1.165) is 10.5 Å². The number of alkyl halides is 3. The minimum absolute atomic E-state index is 0.115. The van der Waals surface area contributed by atoms with Crippen molar-refractivity contribution in [3.63, 3.8) is 0 Å². The first-order valence-electron chi connectivity index (χ1n) is 7.86. The summed E-state index contributed by atoms with van der Waals surface area (Å²) in [5.41, 5.74) is 0.354. The third kappa shape index (κ3) is 4.46. The van der Waals surface area contributed by atoms with Gasteiger partial charge in [0, 0.05) is 18.2 Å². The first-order valence-corrected chi connectivity index (χ1v) is 9.30. The molecule has 0 radical (unpaired) electrons. The molecule has 2 aromatic heterocycles. The molecular formula is C16H12F3N5O4S. The van der Waals surface area contributed by atoms with Gasteiger partial charge in [0.05, 0.1) is 18.9 Å². The second kappa shape index (κ2) is 7.67. The predicted molar refractivity (Wildman–Crippen MR) is 90.9 cm³/mol. The molecule has 0 saturated heterocycles. The summed E-state index contributed by atoms with van der Waals surface area (Å²) in [5, 5.41) is 10.2. The lowest BCUT2D eigenvalue weighted by Crippen LogP contribution is -2.32. The Morgan fingerprint density at radius 2 is 1.83 bits per heavy atom. The van der Waals surface area contributed by atoms with Gasteiger partial charge in [-0.1, -0.05) is 29.4 Å². The third-order valence-corrected chi connectivity index (χ3v) is 5.55. The molecule has 0 unspecified atom stereocenters. The topological polar surface area (TPSA) is 119 Å². The van der Waals surface area contributed by atoms with Crippen molar-refractivity contribution in [2.45, 2.75) is 11.1 Å². The van der Waals surface area contributed by atoms with Crippen LogP contribution in [0.25, 0.3) is 11.4 Å². The van der Waals surface area contributed by atoms with Gasteiger partial charge in [-0.2, -0.15) is 32.7 Å². The molecular weight excluding hydrogens is 415 g/mol. The van der Waals surface area contributed by atoms with Gasteiger partial charge < -0.3 is 4.52 Å². The van der Waals surface area contributed by atoms with Crippen LogP contribution in [0.1, 0.15) is 16.2 Å². The second-order valence-electron chi connectivity index (χ2n) is 5.76. The van der Waals surface area contributed by atoms with E-state index in [0.29, 0.717) is 0 Å². The highest BCUT2D eigenvalue weighted by Gasteiger charge is 2.38. The molecule has 0 aliphatic carbocycles. The van der Waals surface area contributed by atoms with E-state index in [2.05, 4.69) is 24.9 Å². The number of likely N-dealkylation sites (N-methyl/N-ethyl adjacent to an activating group) is 1. The number of ketones is 1. The van der Waals surface area contributed by atoms with E-state index in [1.54, 1.807) is 0 Å². The number of carbonyl (C=O) groups excluding carboxylic acids is 1. The Labute approximate surface area is 162 Å². The number of halogens is 3. The molecule has 0 aliphatic rings. The highest BCUT2D eigenvalue weighted by atomic mass is 32.2. The SMILES string of the molecule is CN(CC(=O)c1ccc(-c2noc(C(F)(F)F)n2)cc1)S(=O)(=O)c1ccnnc1. The zero-order valence-electron chi connectivity index (χ0n) is 14.7. The van der Waals surface area contributed by atoms with Crippen molar-refractivity contribution < 1.29 is 30.9 Å². The Hall–Kier alpha value is -3.19. The summed E-state index contributed by atoms with van der Waals surface area (Å²) in [6.07, 6.45) is -2.49. The summed E-state index contributed by atoms with van der Waals surface area (Å²) in [7, 11) is -2.70. The second-order valence-corrected chi connectivity index (χ2v) is 7.81. The number of hydrogen-bond acceptors (Lipinski definition) is 8. The molecule has 0 fully saturated rings. The molecule has 0 N–H and O–H groups in total. The van der Waals surface area contributed by atoms with Crippen molar-refractivity contribution in [1.82, 2.24) is 24.6 Å². The number of aromatic nitrogens is 4. The van der Waals surface area contributed by atoms with E-state index in [1.807, 2.05) is 0 Å². The molecule has 0 saturated carbocycles. The van der Waals surface area contributed by atoms with E-state index in [9.17, 15) is 26.4 Å². The molecule has 0 bridgehead atoms. The van der Waals surface area contributed by atoms with E-state index in [1.165, 1.54) is 43.6 Å². The zero-order chi connectivity index (χ0) is 21.2. The predicted octanol–water partition coefficient (Wildman–Crippen LogP) is 2.05. The first-order chi connectivity index (χ1) is 13.6. The van der Waals surface area contributed by atoms with Crippen LogP contribution in [-0.4, -0.2) is 52.4 Å². The van der Waals surface area contributed by atoms with Crippen LogP contribution in [0.2, 0.25) is 0 Å². The molecule has 0 spiro atoms. The van der Waals surface area contributed by atoms with Gasteiger partial charge in [0.15, 0.2) is 5.78 Å². The van der Waals surface area contributed by atoms with E-state index in [-0.39, 0.29) is 21.8 Å². The third-order valence-electron chi connectivity index (χ3n) is 3.77. The van der Waals surface area contributed by atoms with Gasteiger partial charge in [-0.15, -0.1) is 0 Å². The maximum Gasteiger partial charge on any atom is 0.471 e. The minimum Gasteiger partial charge on any atom is -0.329 e. The van der Waals surface area contributed by atoms with Crippen molar-refractivity contribution >= 4 is 15.8 Å². The molecule has 3 rings (SSSR count). The number of nitrogens with zero attached hydrogens (tertiary/aromatic N) is 5. The lowest BCUT2D eigenvalue weighted by atomic mass is 10.1. The molecule has 13 heteroatoms. The molecule has 3 aromatic rings. The fourth-order valence-electron chi connectivity index (χ4n) is 2.25. The number of Topliss-reactive ketones (excluding diaryl/α,β-unsaturated/α-hetero) is 1. The van der Waals surface area contributed by atoms with Gasteiger partial charge in [-0.25, -0.2) is 8.42 Å². The van der Waals surface area contributed by atoms with Crippen LogP contribution in [0, 0.1) is 0 Å². The Kier molecular flexibility index (Phi) is 5.44. The van der Waals surface area contributed by atoms with Crippen LogP contribution < -0.4 is 0 Å². The summed E-state index contributed by atoms with van der Waals surface area (Å²) < 4.78 is 67.4. The summed E-state index contributed by atoms with van der Waals surface area (Å²) in [6.45, 7) is -0.454. The number of benzene rings is 1. The quantitative estimate of drug-likeness (QED) is 0.549. The molecule has 152 valence electrons. The van der Waals surface area contributed by atoms with E-state index >= 15 is 0 Å². The fourth-order valence-corrected chi connectivity index (χ4v) is 3.31. The monoisotopic (exact) mass is 427 g/mol. The molecule has 9 nitrogen and oxygen atoms in total. The van der Waals surface area contributed by atoms with E-state index < -0.39 is 34.4 Å². The Bertz CT molecular complexity index is 1120. The van der Waals surface area contributed by atoms with Gasteiger partial charge in [0.2, 0.25) is 15.8 Å². The molecule has 29 heavy (non-hydrogen) atoms. The van der Waals surface area contributed by atoms with Crippen molar-refractivity contribution in [3.8, 4) is 11.4 Å². The maximum atomic E-state index is 12.5. The molecule has 0 aliphatic heterocycles. The van der Waals surface area contributed by atoms with Crippen LogP contribution in [0.3, 0.4) is 0 Å². The highest BCUT2D eigenvalue weighted by molar-refractivity contribution is 7.89. The summed E-state index contributed by atoms with van der Waals surface area (Å²) in [4.78, 5) is 15.5. The van der Waals surface area contributed by atoms with Crippen molar-refractivity contribution in [2.75, 3.05) is 13.6 Å². The van der Waals surface area contributed by atoms with Crippen LogP contribution in [0.4, 0.5) is 13.2 Å². The molecule has 0 amide bonds. The maximum absolute atomic E-state index is 12.5. The van der Waals surface area contributed by atoms with E-state index in [4.69, 9.17) is 0 Å². The minimum atomic E-state index is -4.76. The average molecular weight is 427 g/mol. The van der Waals surface area contributed by atoms with Crippen LogP contribution >= 0.6 is 0 Å². The molecule has 2 heterocycles. The number of sulfonamides is 1. The standard InChI is InChI=1S/C16H12F3N5O4S/c1-24(29(26,27)12-6-7-20-21-8-12)9-13(25)10-2-4-11(5-3-10)14-22-15(28-23-14)16(17,18)19/h2-8H,9H2,1H3.